The van der Waals surface area contributed by atoms with Gasteiger partial charge in [0.1, 0.15) is 0 Å². The molecule has 1 nitrogen and oxygen atoms in total. The van der Waals surface area contributed by atoms with Crippen LogP contribution in [0.15, 0.2) is 16.6 Å². The van der Waals surface area contributed by atoms with Crippen molar-refractivity contribution >= 4 is 15.9 Å². The molecular weight excluding hydrogens is 238 g/mol. The number of halogens is 1. The van der Waals surface area contributed by atoms with Gasteiger partial charge in [-0.05, 0) is 49.9 Å². The van der Waals surface area contributed by atoms with Gasteiger partial charge in [0.05, 0.1) is 0 Å². The zero-order valence-corrected chi connectivity index (χ0v) is 10.3. The van der Waals surface area contributed by atoms with Gasteiger partial charge in [0.25, 0.3) is 0 Å². The summed E-state index contributed by atoms with van der Waals surface area (Å²) in [7, 11) is 0. The number of rotatable bonds is 1. The van der Waals surface area contributed by atoms with Crippen molar-refractivity contribution in [1.82, 2.24) is 5.32 Å². The molecule has 14 heavy (non-hydrogen) atoms. The summed E-state index contributed by atoms with van der Waals surface area (Å²) in [6.07, 6.45) is 2.58. The molecule has 1 aliphatic rings. The summed E-state index contributed by atoms with van der Waals surface area (Å²) in [5, 5.41) is 3.54. The maximum Gasteiger partial charge on any atom is 0.0323 e. The second-order valence-electron chi connectivity index (χ2n) is 4.06. The molecule has 0 saturated carbocycles. The maximum atomic E-state index is 3.65. The molecule has 0 radical (unpaired) electrons. The topological polar surface area (TPSA) is 12.0 Å². The van der Waals surface area contributed by atoms with Crippen molar-refractivity contribution in [2.24, 2.45) is 0 Å². The van der Waals surface area contributed by atoms with E-state index >= 15 is 0 Å². The fraction of sp³-hybridized carbons (Fsp3) is 0.500. The van der Waals surface area contributed by atoms with Gasteiger partial charge in [0.15, 0.2) is 0 Å². The highest BCUT2D eigenvalue weighted by Gasteiger charge is 2.18. The molecule has 1 aromatic carbocycles. The average molecular weight is 254 g/mol. The molecule has 0 aliphatic carbocycles. The van der Waals surface area contributed by atoms with Crippen molar-refractivity contribution in [3.05, 3.63) is 33.3 Å². The lowest BCUT2D eigenvalue weighted by Crippen LogP contribution is -2.14. The first-order chi connectivity index (χ1) is 6.70. The monoisotopic (exact) mass is 253 g/mol. The van der Waals surface area contributed by atoms with Gasteiger partial charge in [-0.3, -0.25) is 0 Å². The van der Waals surface area contributed by atoms with Gasteiger partial charge in [-0.1, -0.05) is 28.1 Å². The van der Waals surface area contributed by atoms with Crippen molar-refractivity contribution in [2.45, 2.75) is 32.7 Å². The third-order valence-corrected chi connectivity index (χ3v) is 4.28. The minimum Gasteiger partial charge on any atom is -0.310 e. The van der Waals surface area contributed by atoms with Crippen LogP contribution in [0.25, 0.3) is 0 Å². The molecule has 0 amide bonds. The van der Waals surface area contributed by atoms with Crippen molar-refractivity contribution < 1.29 is 0 Å². The predicted molar refractivity (Wildman–Crippen MR) is 63.6 cm³/mol. The zero-order chi connectivity index (χ0) is 10.1. The molecule has 1 unspecified atom stereocenters. The number of hydrogen-bond donors (Lipinski definition) is 1. The Hall–Kier alpha value is -0.340. The first-order valence-corrected chi connectivity index (χ1v) is 5.98. The maximum absolute atomic E-state index is 3.65. The molecule has 1 heterocycles. The Morgan fingerprint density at radius 1 is 1.36 bits per heavy atom. The number of nitrogens with one attached hydrogen (secondary N) is 1. The normalized spacial score (nSPS) is 21.5. The lowest BCUT2D eigenvalue weighted by atomic mass is 9.98. The molecule has 1 atom stereocenters. The van der Waals surface area contributed by atoms with E-state index < -0.39 is 0 Å². The van der Waals surface area contributed by atoms with E-state index in [1.54, 1.807) is 0 Å². The lowest BCUT2D eigenvalue weighted by Gasteiger charge is -2.16. The molecule has 76 valence electrons. The smallest absolute Gasteiger partial charge is 0.0323 e. The van der Waals surface area contributed by atoms with Crippen LogP contribution in [0.4, 0.5) is 0 Å². The Morgan fingerprint density at radius 2 is 2.14 bits per heavy atom. The average Bonchev–Trinajstić information content (AvgIpc) is 2.67. The summed E-state index contributed by atoms with van der Waals surface area (Å²) in [5.74, 6) is 0. The second kappa shape index (κ2) is 4.03. The van der Waals surface area contributed by atoms with E-state index in [-0.39, 0.29) is 0 Å². The Bertz CT molecular complexity index is 340. The molecule has 1 N–H and O–H groups in total. The fourth-order valence-corrected chi connectivity index (χ4v) is 2.52. The summed E-state index contributed by atoms with van der Waals surface area (Å²) < 4.78 is 1.27. The molecule has 0 aromatic heterocycles. The van der Waals surface area contributed by atoms with Gasteiger partial charge >= 0.3 is 0 Å². The van der Waals surface area contributed by atoms with Crippen molar-refractivity contribution in [1.29, 1.82) is 0 Å². The lowest BCUT2D eigenvalue weighted by molar-refractivity contribution is 0.643. The van der Waals surface area contributed by atoms with Crippen LogP contribution in [0.1, 0.15) is 35.6 Å². The number of aryl methyl sites for hydroxylation is 1. The molecule has 1 aromatic rings. The van der Waals surface area contributed by atoms with Gasteiger partial charge in [-0.25, -0.2) is 0 Å². The minimum absolute atomic E-state index is 0.576. The summed E-state index contributed by atoms with van der Waals surface area (Å²) in [6.45, 7) is 5.50. The fourth-order valence-electron chi connectivity index (χ4n) is 2.16. The summed E-state index contributed by atoms with van der Waals surface area (Å²) in [6, 6.07) is 5.04. The molecule has 1 saturated heterocycles. The second-order valence-corrected chi connectivity index (χ2v) is 4.85. The highest BCUT2D eigenvalue weighted by molar-refractivity contribution is 9.10. The van der Waals surface area contributed by atoms with Crippen LogP contribution in [-0.2, 0) is 0 Å². The van der Waals surface area contributed by atoms with Crippen LogP contribution < -0.4 is 5.32 Å². The molecular formula is C12H16BrN. The summed E-state index contributed by atoms with van der Waals surface area (Å²) >= 11 is 3.65. The third-order valence-electron chi connectivity index (χ3n) is 3.06. The minimum atomic E-state index is 0.576. The number of benzene rings is 1. The van der Waals surface area contributed by atoms with E-state index in [4.69, 9.17) is 0 Å². The van der Waals surface area contributed by atoms with Gasteiger partial charge in [-0.15, -0.1) is 0 Å². The Morgan fingerprint density at radius 3 is 2.79 bits per heavy atom. The standard InChI is InChI=1S/C12H16BrN/c1-8-5-6-10(9(2)12(8)13)11-4-3-7-14-11/h5-6,11,14H,3-4,7H2,1-2H3. The highest BCUT2D eigenvalue weighted by Crippen LogP contribution is 2.31. The van der Waals surface area contributed by atoms with Crippen molar-refractivity contribution in [3.8, 4) is 0 Å². The number of hydrogen-bond acceptors (Lipinski definition) is 1. The molecule has 0 spiro atoms. The third kappa shape index (κ3) is 1.73. The highest BCUT2D eigenvalue weighted by atomic mass is 79.9. The molecule has 2 heteroatoms. The van der Waals surface area contributed by atoms with Crippen molar-refractivity contribution in [2.75, 3.05) is 6.54 Å². The molecule has 1 fully saturated rings. The van der Waals surface area contributed by atoms with Crippen LogP contribution in [0.5, 0.6) is 0 Å². The first-order valence-electron chi connectivity index (χ1n) is 5.19. The Kier molecular flexibility index (Phi) is 2.93. The van der Waals surface area contributed by atoms with E-state index in [2.05, 4.69) is 47.2 Å². The zero-order valence-electron chi connectivity index (χ0n) is 8.73. The van der Waals surface area contributed by atoms with Crippen LogP contribution in [0.2, 0.25) is 0 Å². The van der Waals surface area contributed by atoms with E-state index in [0.717, 1.165) is 6.54 Å². The molecule has 0 bridgehead atoms. The summed E-state index contributed by atoms with van der Waals surface area (Å²) in [4.78, 5) is 0. The van der Waals surface area contributed by atoms with E-state index in [9.17, 15) is 0 Å². The first kappa shape index (κ1) is 10.2. The van der Waals surface area contributed by atoms with Gasteiger partial charge < -0.3 is 5.32 Å². The van der Waals surface area contributed by atoms with Gasteiger partial charge in [0.2, 0.25) is 0 Å². The molecule has 2 rings (SSSR count). The van der Waals surface area contributed by atoms with Crippen LogP contribution >= 0.6 is 15.9 Å². The quantitative estimate of drug-likeness (QED) is 0.808. The van der Waals surface area contributed by atoms with Crippen LogP contribution in [0, 0.1) is 13.8 Å². The Balaban J connectivity index is 2.38. The largest absolute Gasteiger partial charge is 0.310 e. The predicted octanol–water partition coefficient (Wildman–Crippen LogP) is 3.49. The van der Waals surface area contributed by atoms with Crippen LogP contribution in [-0.4, -0.2) is 6.54 Å². The van der Waals surface area contributed by atoms with Gasteiger partial charge in [-0.2, -0.15) is 0 Å². The van der Waals surface area contributed by atoms with Crippen LogP contribution in [0.3, 0.4) is 0 Å². The van der Waals surface area contributed by atoms with E-state index in [1.807, 2.05) is 0 Å². The Labute approximate surface area is 94.0 Å². The van der Waals surface area contributed by atoms with E-state index in [1.165, 1.54) is 34.0 Å². The van der Waals surface area contributed by atoms with Gasteiger partial charge in [0, 0.05) is 10.5 Å². The van der Waals surface area contributed by atoms with Crippen molar-refractivity contribution in [3.63, 3.8) is 0 Å². The van der Waals surface area contributed by atoms with E-state index in [0.29, 0.717) is 6.04 Å². The molecule has 1 aliphatic heterocycles. The summed E-state index contributed by atoms with van der Waals surface area (Å²) in [5.41, 5.74) is 4.17. The SMILES string of the molecule is Cc1ccc(C2CCCN2)c(C)c1Br.